The third-order valence-electron chi connectivity index (χ3n) is 3.60. The van der Waals surface area contributed by atoms with Crippen LogP contribution in [0.2, 0.25) is 0 Å². The maximum atomic E-state index is 12.3. The third kappa shape index (κ3) is 5.32. The van der Waals surface area contributed by atoms with Gasteiger partial charge in [-0.15, -0.1) is 0 Å². The van der Waals surface area contributed by atoms with E-state index in [9.17, 15) is 14.7 Å². The lowest BCUT2D eigenvalue weighted by Crippen LogP contribution is -2.48. The maximum absolute atomic E-state index is 12.3. The van der Waals surface area contributed by atoms with Crippen molar-refractivity contribution in [2.45, 2.75) is 25.7 Å². The van der Waals surface area contributed by atoms with Crippen LogP contribution in [0.25, 0.3) is 0 Å². The van der Waals surface area contributed by atoms with E-state index < -0.39 is 24.0 Å². The maximum Gasteiger partial charge on any atom is 0.331 e. The second-order valence-corrected chi connectivity index (χ2v) is 5.51. The Bertz CT molecular complexity index is 698. The molecule has 1 amide bonds. The smallest absolute Gasteiger partial charge is 0.331 e. The van der Waals surface area contributed by atoms with E-state index in [2.05, 4.69) is 5.32 Å². The van der Waals surface area contributed by atoms with Gasteiger partial charge in [-0.2, -0.15) is 0 Å². The van der Waals surface area contributed by atoms with Crippen molar-refractivity contribution in [3.8, 4) is 5.75 Å². The molecule has 0 fully saturated rings. The fraction of sp³-hybridized carbons (Fsp3) is 0.263. The molecule has 2 aromatic carbocycles. The van der Waals surface area contributed by atoms with Crippen LogP contribution in [0.15, 0.2) is 54.6 Å². The van der Waals surface area contributed by atoms with Crippen molar-refractivity contribution in [2.24, 2.45) is 0 Å². The van der Waals surface area contributed by atoms with Crippen molar-refractivity contribution in [3.05, 3.63) is 65.7 Å². The minimum Gasteiger partial charge on any atom is -0.497 e. The topological polar surface area (TPSA) is 84.9 Å². The second kappa shape index (κ2) is 8.84. The fourth-order valence-electron chi connectivity index (χ4n) is 2.16. The summed E-state index contributed by atoms with van der Waals surface area (Å²) in [5.74, 6) is -0.558. The van der Waals surface area contributed by atoms with Gasteiger partial charge in [-0.25, -0.2) is 4.79 Å². The lowest BCUT2D eigenvalue weighted by molar-refractivity contribution is -0.150. The molecule has 2 N–H and O–H groups in total. The molecule has 6 nitrogen and oxygen atoms in total. The van der Waals surface area contributed by atoms with Crippen LogP contribution in [-0.4, -0.2) is 36.2 Å². The van der Waals surface area contributed by atoms with Gasteiger partial charge in [0.15, 0.2) is 6.04 Å². The average Bonchev–Trinajstić information content (AvgIpc) is 2.64. The van der Waals surface area contributed by atoms with Crippen LogP contribution in [0, 0.1) is 0 Å². The van der Waals surface area contributed by atoms with Crippen molar-refractivity contribution < 1.29 is 24.2 Å². The zero-order valence-corrected chi connectivity index (χ0v) is 14.1. The number of aliphatic hydroxyl groups is 1. The van der Waals surface area contributed by atoms with Gasteiger partial charge >= 0.3 is 5.97 Å². The van der Waals surface area contributed by atoms with Crippen LogP contribution in [0.1, 0.15) is 22.8 Å². The van der Waals surface area contributed by atoms with Gasteiger partial charge < -0.3 is 19.9 Å². The van der Waals surface area contributed by atoms with Gasteiger partial charge in [0.05, 0.1) is 13.2 Å². The van der Waals surface area contributed by atoms with Crippen LogP contribution in [0.5, 0.6) is 5.75 Å². The molecule has 6 heteroatoms. The summed E-state index contributed by atoms with van der Waals surface area (Å²) < 4.78 is 10.2. The van der Waals surface area contributed by atoms with Crippen LogP contribution < -0.4 is 10.1 Å². The van der Waals surface area contributed by atoms with Crippen molar-refractivity contribution in [1.82, 2.24) is 5.32 Å². The molecule has 0 aromatic heterocycles. The molecule has 0 saturated carbocycles. The number of aliphatic hydroxyl groups excluding tert-OH is 1. The van der Waals surface area contributed by atoms with E-state index in [-0.39, 0.29) is 6.61 Å². The fourth-order valence-corrected chi connectivity index (χ4v) is 2.16. The first-order valence-electron chi connectivity index (χ1n) is 7.85. The largest absolute Gasteiger partial charge is 0.497 e. The Kier molecular flexibility index (Phi) is 6.54. The van der Waals surface area contributed by atoms with E-state index in [1.54, 1.807) is 24.3 Å². The highest BCUT2D eigenvalue weighted by atomic mass is 16.5. The number of amides is 1. The van der Waals surface area contributed by atoms with E-state index in [1.165, 1.54) is 14.0 Å². The first-order chi connectivity index (χ1) is 12.0. The number of benzene rings is 2. The number of ether oxygens (including phenoxy) is 2. The van der Waals surface area contributed by atoms with Gasteiger partial charge in [0.1, 0.15) is 12.4 Å². The lowest BCUT2D eigenvalue weighted by atomic mass is 10.1. The molecule has 132 valence electrons. The molecular formula is C19H21NO5. The Labute approximate surface area is 146 Å². The molecule has 0 aliphatic rings. The SMILES string of the molecule is COc1ccc(C(=O)N[C@H](C(=O)OCc2ccccc2)[C@@H](C)O)cc1. The number of nitrogens with one attached hydrogen (secondary N) is 1. The molecule has 2 aromatic rings. The molecule has 0 bridgehead atoms. The number of carbonyl (C=O) groups excluding carboxylic acids is 2. The standard InChI is InChI=1S/C19H21NO5/c1-13(21)17(19(23)25-12-14-6-4-3-5-7-14)20-18(22)15-8-10-16(24-2)11-9-15/h3-11,13,17,21H,12H2,1-2H3,(H,20,22)/t13-,17+/m1/s1. The van der Waals surface area contributed by atoms with Gasteiger partial charge in [0.25, 0.3) is 5.91 Å². The number of rotatable bonds is 7. The summed E-state index contributed by atoms with van der Waals surface area (Å²) in [5.41, 5.74) is 1.17. The van der Waals surface area contributed by atoms with E-state index in [0.717, 1.165) is 5.56 Å². The number of esters is 1. The molecule has 2 atom stereocenters. The molecule has 2 rings (SSSR count). The van der Waals surface area contributed by atoms with Gasteiger partial charge in [-0.05, 0) is 36.8 Å². The zero-order chi connectivity index (χ0) is 18.2. The summed E-state index contributed by atoms with van der Waals surface area (Å²) in [6.07, 6.45) is -1.09. The quantitative estimate of drug-likeness (QED) is 0.750. The van der Waals surface area contributed by atoms with Gasteiger partial charge in [-0.3, -0.25) is 4.79 Å². The lowest BCUT2D eigenvalue weighted by Gasteiger charge is -2.20. The average molecular weight is 343 g/mol. The summed E-state index contributed by atoms with van der Waals surface area (Å²) in [6.45, 7) is 1.49. The molecule has 0 unspecified atom stereocenters. The van der Waals surface area contributed by atoms with Crippen LogP contribution in [0.4, 0.5) is 0 Å². The summed E-state index contributed by atoms with van der Waals surface area (Å²) in [4.78, 5) is 24.5. The summed E-state index contributed by atoms with van der Waals surface area (Å²) in [6, 6.07) is 14.4. The molecular weight excluding hydrogens is 322 g/mol. The first-order valence-corrected chi connectivity index (χ1v) is 7.85. The predicted molar refractivity (Wildman–Crippen MR) is 92.2 cm³/mol. The first kappa shape index (κ1) is 18.5. The van der Waals surface area contributed by atoms with Crippen molar-refractivity contribution >= 4 is 11.9 Å². The Morgan fingerprint density at radius 1 is 1.08 bits per heavy atom. The Hall–Kier alpha value is -2.86. The van der Waals surface area contributed by atoms with Crippen molar-refractivity contribution in [1.29, 1.82) is 0 Å². The van der Waals surface area contributed by atoms with E-state index in [4.69, 9.17) is 9.47 Å². The number of methoxy groups -OCH3 is 1. The molecule has 0 aliphatic heterocycles. The number of hydrogen-bond donors (Lipinski definition) is 2. The van der Waals surface area contributed by atoms with E-state index in [0.29, 0.717) is 11.3 Å². The minimum absolute atomic E-state index is 0.0707. The summed E-state index contributed by atoms with van der Waals surface area (Å²) in [5, 5.41) is 12.3. The van der Waals surface area contributed by atoms with Gasteiger partial charge in [-0.1, -0.05) is 30.3 Å². The summed E-state index contributed by atoms with van der Waals surface area (Å²) >= 11 is 0. The molecule has 25 heavy (non-hydrogen) atoms. The minimum atomic E-state index is -1.15. The highest BCUT2D eigenvalue weighted by Crippen LogP contribution is 2.12. The highest BCUT2D eigenvalue weighted by molar-refractivity contribution is 5.97. The zero-order valence-electron chi connectivity index (χ0n) is 14.1. The summed E-state index contributed by atoms with van der Waals surface area (Å²) in [7, 11) is 1.53. The molecule has 0 heterocycles. The van der Waals surface area contributed by atoms with E-state index >= 15 is 0 Å². The normalized spacial score (nSPS) is 12.8. The number of carbonyl (C=O) groups is 2. The van der Waals surface area contributed by atoms with Gasteiger partial charge in [0.2, 0.25) is 0 Å². The Morgan fingerprint density at radius 3 is 2.28 bits per heavy atom. The molecule has 0 spiro atoms. The van der Waals surface area contributed by atoms with Crippen LogP contribution >= 0.6 is 0 Å². The predicted octanol–water partition coefficient (Wildman–Crippen LogP) is 1.92. The van der Waals surface area contributed by atoms with Crippen LogP contribution in [0.3, 0.4) is 0 Å². The molecule has 0 aliphatic carbocycles. The van der Waals surface area contributed by atoms with Crippen molar-refractivity contribution in [3.63, 3.8) is 0 Å². The van der Waals surface area contributed by atoms with Gasteiger partial charge in [0, 0.05) is 5.56 Å². The Balaban J connectivity index is 1.98. The van der Waals surface area contributed by atoms with Crippen molar-refractivity contribution in [2.75, 3.05) is 7.11 Å². The molecule has 0 radical (unpaired) electrons. The molecule has 0 saturated heterocycles. The Morgan fingerprint density at radius 2 is 1.72 bits per heavy atom. The monoisotopic (exact) mass is 343 g/mol. The third-order valence-corrected chi connectivity index (χ3v) is 3.60. The van der Waals surface area contributed by atoms with E-state index in [1.807, 2.05) is 30.3 Å². The van der Waals surface area contributed by atoms with Crippen LogP contribution in [-0.2, 0) is 16.1 Å². The highest BCUT2D eigenvalue weighted by Gasteiger charge is 2.27. The number of hydrogen-bond acceptors (Lipinski definition) is 5. The second-order valence-electron chi connectivity index (χ2n) is 5.51.